The number of aromatic nitrogens is 1. The maximum Gasteiger partial charge on any atom is 0.265 e. The molecule has 0 aliphatic heterocycles. The normalized spacial score (nSPS) is 13.0. The van der Waals surface area contributed by atoms with E-state index in [0.29, 0.717) is 23.2 Å². The Labute approximate surface area is 261 Å². The molecule has 0 radical (unpaired) electrons. The van der Waals surface area contributed by atoms with Crippen LogP contribution in [0.1, 0.15) is 73.0 Å². The van der Waals surface area contributed by atoms with Crippen molar-refractivity contribution in [1.82, 2.24) is 15.0 Å². The maximum atomic E-state index is 13.1. The van der Waals surface area contributed by atoms with Gasteiger partial charge in [0.2, 0.25) is 5.91 Å². The van der Waals surface area contributed by atoms with Gasteiger partial charge in [-0.1, -0.05) is 51.5 Å². The summed E-state index contributed by atoms with van der Waals surface area (Å²) in [6.07, 6.45) is 5.27. The molecule has 228 valence electrons. The molecule has 0 aliphatic rings. The average Bonchev–Trinajstić information content (AvgIpc) is 3.41. The van der Waals surface area contributed by atoms with E-state index in [9.17, 15) is 18.0 Å². The number of carbonyl (C=O) groups excluding carboxylic acids is 2. The van der Waals surface area contributed by atoms with E-state index < -0.39 is 15.9 Å². The standard InChI is InChI=1S/C33H38BrN3O5S/c1-5-9-24(27-20-36-29-15-12-22(18-26(27)29)17-21(3)32(38)35-16-6-2)25-14-13-23(19-30(25)42-4)33(39)37-43(40,41)31-11-8-7-10-28(31)34/h7-8,10-15,18-21,24,36H,5-6,9,16-17H2,1-4H3,(H,35,38)(H,37,39). The number of hydrogen-bond donors (Lipinski definition) is 3. The minimum absolute atomic E-state index is 0.0235. The number of halogens is 1. The predicted octanol–water partition coefficient (Wildman–Crippen LogP) is 6.69. The fourth-order valence-corrected chi connectivity index (χ4v) is 7.26. The monoisotopic (exact) mass is 667 g/mol. The van der Waals surface area contributed by atoms with E-state index in [-0.39, 0.29) is 28.2 Å². The van der Waals surface area contributed by atoms with Gasteiger partial charge in [-0.2, -0.15) is 0 Å². The van der Waals surface area contributed by atoms with Gasteiger partial charge >= 0.3 is 0 Å². The molecule has 43 heavy (non-hydrogen) atoms. The number of amides is 2. The molecule has 8 nitrogen and oxygen atoms in total. The van der Waals surface area contributed by atoms with Crippen LogP contribution in [0.3, 0.4) is 0 Å². The summed E-state index contributed by atoms with van der Waals surface area (Å²) in [5.74, 6) is -0.394. The zero-order chi connectivity index (χ0) is 31.1. The molecule has 0 saturated heterocycles. The molecule has 4 aromatic rings. The van der Waals surface area contributed by atoms with Crippen LogP contribution in [0, 0.1) is 5.92 Å². The second kappa shape index (κ2) is 14.2. The molecule has 0 spiro atoms. The van der Waals surface area contributed by atoms with Crippen molar-refractivity contribution in [2.45, 2.75) is 57.3 Å². The predicted molar refractivity (Wildman–Crippen MR) is 173 cm³/mol. The summed E-state index contributed by atoms with van der Waals surface area (Å²) in [7, 11) is -2.55. The highest BCUT2D eigenvalue weighted by molar-refractivity contribution is 9.10. The summed E-state index contributed by atoms with van der Waals surface area (Å²) in [6.45, 7) is 6.77. The van der Waals surface area contributed by atoms with Crippen molar-refractivity contribution >= 4 is 48.7 Å². The molecule has 10 heteroatoms. The molecule has 4 rings (SSSR count). The minimum Gasteiger partial charge on any atom is -0.496 e. The van der Waals surface area contributed by atoms with Crippen LogP contribution in [-0.2, 0) is 21.2 Å². The van der Waals surface area contributed by atoms with Crippen LogP contribution in [0.5, 0.6) is 5.75 Å². The van der Waals surface area contributed by atoms with Crippen molar-refractivity contribution in [3.8, 4) is 5.75 Å². The van der Waals surface area contributed by atoms with Crippen molar-refractivity contribution in [3.05, 3.63) is 93.6 Å². The number of H-pyrrole nitrogens is 1. The van der Waals surface area contributed by atoms with Gasteiger partial charge in [0.15, 0.2) is 0 Å². The molecular weight excluding hydrogens is 630 g/mol. The molecule has 2 unspecified atom stereocenters. The summed E-state index contributed by atoms with van der Waals surface area (Å²) in [4.78, 5) is 28.9. The van der Waals surface area contributed by atoms with E-state index in [4.69, 9.17) is 4.74 Å². The first-order valence-electron chi connectivity index (χ1n) is 14.5. The molecule has 0 aliphatic carbocycles. The van der Waals surface area contributed by atoms with Crippen LogP contribution in [0.15, 0.2) is 76.2 Å². The molecule has 3 N–H and O–H groups in total. The number of hydrogen-bond acceptors (Lipinski definition) is 5. The number of fused-ring (bicyclic) bond motifs is 1. The molecule has 2 atom stereocenters. The van der Waals surface area contributed by atoms with Gasteiger partial charge in [-0.15, -0.1) is 0 Å². The number of benzene rings is 3. The highest BCUT2D eigenvalue weighted by atomic mass is 79.9. The number of nitrogens with one attached hydrogen (secondary N) is 3. The summed E-state index contributed by atoms with van der Waals surface area (Å²) in [6, 6.07) is 17.6. The lowest BCUT2D eigenvalue weighted by Crippen LogP contribution is -2.30. The zero-order valence-electron chi connectivity index (χ0n) is 24.9. The van der Waals surface area contributed by atoms with Crippen LogP contribution in [0.4, 0.5) is 0 Å². The van der Waals surface area contributed by atoms with Gasteiger partial charge in [0.05, 0.1) is 7.11 Å². The fourth-order valence-electron chi connectivity index (χ4n) is 5.28. The van der Waals surface area contributed by atoms with Crippen LogP contribution in [0.2, 0.25) is 0 Å². The van der Waals surface area contributed by atoms with Gasteiger partial charge in [-0.25, -0.2) is 13.1 Å². The maximum absolute atomic E-state index is 13.1. The molecule has 2 amide bonds. The molecule has 1 heterocycles. The van der Waals surface area contributed by atoms with Gasteiger partial charge in [-0.3, -0.25) is 9.59 Å². The summed E-state index contributed by atoms with van der Waals surface area (Å²) >= 11 is 3.24. The van der Waals surface area contributed by atoms with Crippen LogP contribution in [0.25, 0.3) is 10.9 Å². The summed E-state index contributed by atoms with van der Waals surface area (Å²) in [5, 5.41) is 4.05. The lowest BCUT2D eigenvalue weighted by Gasteiger charge is -2.20. The first-order valence-corrected chi connectivity index (χ1v) is 16.7. The number of aromatic amines is 1. The van der Waals surface area contributed by atoms with Crippen LogP contribution < -0.4 is 14.8 Å². The molecule has 0 fully saturated rings. The quantitative estimate of drug-likeness (QED) is 0.147. The van der Waals surface area contributed by atoms with E-state index >= 15 is 0 Å². The zero-order valence-corrected chi connectivity index (χ0v) is 27.3. The van der Waals surface area contributed by atoms with Gasteiger partial charge in [0.25, 0.3) is 15.9 Å². The smallest absolute Gasteiger partial charge is 0.265 e. The van der Waals surface area contributed by atoms with Crippen molar-refractivity contribution in [3.63, 3.8) is 0 Å². The highest BCUT2D eigenvalue weighted by Gasteiger charge is 2.25. The third kappa shape index (κ3) is 7.48. The molecule has 0 saturated carbocycles. The van der Waals surface area contributed by atoms with Gasteiger partial charge in [0, 0.05) is 51.1 Å². The SMILES string of the molecule is CCCNC(=O)C(C)Cc1ccc2[nH]cc(C(CCC)c3ccc(C(=O)NS(=O)(=O)c4ccccc4Br)cc3OC)c2c1. The van der Waals surface area contributed by atoms with E-state index in [1.54, 1.807) is 37.4 Å². The van der Waals surface area contributed by atoms with Crippen LogP contribution in [-0.4, -0.2) is 38.9 Å². The van der Waals surface area contributed by atoms with E-state index in [2.05, 4.69) is 50.0 Å². The lowest BCUT2D eigenvalue weighted by atomic mass is 9.85. The minimum atomic E-state index is -4.09. The lowest BCUT2D eigenvalue weighted by molar-refractivity contribution is -0.124. The highest BCUT2D eigenvalue weighted by Crippen LogP contribution is 2.39. The van der Waals surface area contributed by atoms with E-state index in [0.717, 1.165) is 46.9 Å². The van der Waals surface area contributed by atoms with Gasteiger partial charge in [0.1, 0.15) is 10.6 Å². The number of carbonyl (C=O) groups is 2. The Balaban J connectivity index is 1.64. The number of sulfonamides is 1. The van der Waals surface area contributed by atoms with Crippen molar-refractivity contribution < 1.29 is 22.7 Å². The Kier molecular flexibility index (Phi) is 10.7. The molecule has 1 aromatic heterocycles. The Bertz CT molecular complexity index is 1720. The Morgan fingerprint density at radius 1 is 1.00 bits per heavy atom. The first kappa shape index (κ1) is 32.3. The number of rotatable bonds is 13. The summed E-state index contributed by atoms with van der Waals surface area (Å²) in [5.41, 5.74) is 4.23. The second-order valence-corrected chi connectivity index (χ2v) is 13.2. The molecule has 3 aromatic carbocycles. The summed E-state index contributed by atoms with van der Waals surface area (Å²) < 4.78 is 34.1. The van der Waals surface area contributed by atoms with Gasteiger partial charge < -0.3 is 15.0 Å². The second-order valence-electron chi connectivity index (χ2n) is 10.7. The Morgan fingerprint density at radius 3 is 2.47 bits per heavy atom. The largest absolute Gasteiger partial charge is 0.496 e. The average molecular weight is 669 g/mol. The van der Waals surface area contributed by atoms with Crippen molar-refractivity contribution in [1.29, 1.82) is 0 Å². The van der Waals surface area contributed by atoms with E-state index in [1.807, 2.05) is 32.2 Å². The Morgan fingerprint density at radius 2 is 1.77 bits per heavy atom. The third-order valence-electron chi connectivity index (χ3n) is 7.49. The molecular formula is C33H38BrN3O5S. The van der Waals surface area contributed by atoms with Crippen LogP contribution >= 0.6 is 15.9 Å². The Hall–Kier alpha value is -3.63. The third-order valence-corrected chi connectivity index (χ3v) is 9.84. The molecule has 0 bridgehead atoms. The van der Waals surface area contributed by atoms with Crippen molar-refractivity contribution in [2.75, 3.05) is 13.7 Å². The van der Waals surface area contributed by atoms with E-state index in [1.165, 1.54) is 6.07 Å². The number of methoxy groups -OCH3 is 1. The van der Waals surface area contributed by atoms with Crippen molar-refractivity contribution in [2.24, 2.45) is 5.92 Å². The van der Waals surface area contributed by atoms with Gasteiger partial charge in [-0.05, 0) is 82.7 Å². The fraction of sp³-hybridized carbons (Fsp3) is 0.333. The first-order chi connectivity index (χ1) is 20.6. The number of ether oxygens (including phenoxy) is 1. The topological polar surface area (TPSA) is 117 Å².